The normalized spacial score (nSPS) is 10.6. The van der Waals surface area contributed by atoms with Gasteiger partial charge in [-0.25, -0.2) is 14.1 Å². The second-order valence-electron chi connectivity index (χ2n) is 2.89. The highest BCUT2D eigenvalue weighted by molar-refractivity contribution is 6.30. The lowest BCUT2D eigenvalue weighted by Crippen LogP contribution is -2.08. The van der Waals surface area contributed by atoms with Crippen LogP contribution in [0.2, 0.25) is 5.02 Å². The number of benzene rings is 1. The van der Waals surface area contributed by atoms with E-state index >= 15 is 0 Å². The number of hydrogen-bond donors (Lipinski definition) is 1. The van der Waals surface area contributed by atoms with E-state index in [1.54, 1.807) is 6.07 Å². The lowest BCUT2D eigenvalue weighted by Gasteiger charge is -2.04. The highest BCUT2D eigenvalue weighted by Crippen LogP contribution is 2.18. The highest BCUT2D eigenvalue weighted by atomic mass is 35.5. The summed E-state index contributed by atoms with van der Waals surface area (Å²) in [5.74, 6) is 0.132. The minimum Gasteiger partial charge on any atom is -0.324 e. The summed E-state index contributed by atoms with van der Waals surface area (Å²) in [7, 11) is 0. The zero-order valence-electron chi connectivity index (χ0n) is 7.69. The third-order valence-corrected chi connectivity index (χ3v) is 2.24. The minimum atomic E-state index is -0.463. The van der Waals surface area contributed by atoms with Crippen LogP contribution in [0.4, 0.5) is 4.39 Å². The number of nitrogens with zero attached hydrogens (tertiary/aromatic N) is 3. The fourth-order valence-corrected chi connectivity index (χ4v) is 1.41. The molecule has 2 N–H and O–H groups in total. The predicted molar refractivity (Wildman–Crippen MR) is 54.2 cm³/mol. The topological polar surface area (TPSA) is 56.7 Å². The van der Waals surface area contributed by atoms with E-state index in [4.69, 9.17) is 17.3 Å². The summed E-state index contributed by atoms with van der Waals surface area (Å²) < 4.78 is 14.4. The van der Waals surface area contributed by atoms with E-state index in [1.807, 2.05) is 0 Å². The molecule has 6 heteroatoms. The van der Waals surface area contributed by atoms with Gasteiger partial charge in [0.25, 0.3) is 0 Å². The third-order valence-electron chi connectivity index (χ3n) is 1.95. The van der Waals surface area contributed by atoms with Gasteiger partial charge in [0.1, 0.15) is 18.0 Å². The number of nitrogens with two attached hydrogens (primary N) is 1. The van der Waals surface area contributed by atoms with Gasteiger partial charge in [0.2, 0.25) is 0 Å². The molecule has 0 bridgehead atoms. The Hall–Kier alpha value is -1.46. The Morgan fingerprint density at radius 3 is 2.93 bits per heavy atom. The number of aromatic nitrogens is 3. The van der Waals surface area contributed by atoms with Crippen LogP contribution in [-0.4, -0.2) is 14.8 Å². The lowest BCUT2D eigenvalue weighted by molar-refractivity contribution is 0.627. The van der Waals surface area contributed by atoms with Gasteiger partial charge in [-0.15, -0.1) is 0 Å². The van der Waals surface area contributed by atoms with Crippen molar-refractivity contribution >= 4 is 11.6 Å². The molecule has 1 aromatic carbocycles. The van der Waals surface area contributed by atoms with Crippen molar-refractivity contribution in [3.8, 4) is 5.69 Å². The molecule has 1 aromatic heterocycles. The van der Waals surface area contributed by atoms with E-state index in [-0.39, 0.29) is 11.6 Å². The van der Waals surface area contributed by atoms with Crippen LogP contribution in [-0.2, 0) is 6.54 Å². The van der Waals surface area contributed by atoms with Crippen molar-refractivity contribution in [3.05, 3.63) is 41.2 Å². The van der Waals surface area contributed by atoms with Crippen molar-refractivity contribution in [1.29, 1.82) is 0 Å². The van der Waals surface area contributed by atoms with Gasteiger partial charge >= 0.3 is 0 Å². The fraction of sp³-hybridized carbons (Fsp3) is 0.111. The molecule has 0 atom stereocenters. The second kappa shape index (κ2) is 3.96. The first-order valence-electron chi connectivity index (χ1n) is 4.27. The molecule has 0 saturated carbocycles. The minimum absolute atomic E-state index is 0.0472. The predicted octanol–water partition coefficient (Wildman–Crippen LogP) is 1.52. The lowest BCUT2D eigenvalue weighted by atomic mass is 10.3. The van der Waals surface area contributed by atoms with Crippen LogP contribution >= 0.6 is 11.6 Å². The Kier molecular flexibility index (Phi) is 2.66. The summed E-state index contributed by atoms with van der Waals surface area (Å²) in [6.45, 7) is 0.259. The molecule has 2 rings (SSSR count). The fourth-order valence-electron chi connectivity index (χ4n) is 1.24. The Morgan fingerprint density at radius 2 is 2.27 bits per heavy atom. The van der Waals surface area contributed by atoms with Crippen molar-refractivity contribution in [2.24, 2.45) is 5.73 Å². The van der Waals surface area contributed by atoms with Crippen molar-refractivity contribution in [3.63, 3.8) is 0 Å². The highest BCUT2D eigenvalue weighted by Gasteiger charge is 2.07. The maximum Gasteiger partial charge on any atom is 0.145 e. The molecule has 0 radical (unpaired) electrons. The van der Waals surface area contributed by atoms with Crippen LogP contribution in [0.3, 0.4) is 0 Å². The van der Waals surface area contributed by atoms with Gasteiger partial charge in [0, 0.05) is 0 Å². The number of halogens is 2. The molecule has 0 saturated heterocycles. The number of rotatable bonds is 2. The molecule has 0 aliphatic rings. The van der Waals surface area contributed by atoms with Gasteiger partial charge in [-0.1, -0.05) is 11.6 Å². The van der Waals surface area contributed by atoms with Gasteiger partial charge in [-0.2, -0.15) is 5.10 Å². The summed E-state index contributed by atoms with van der Waals surface area (Å²) >= 11 is 5.66. The molecule has 15 heavy (non-hydrogen) atoms. The van der Waals surface area contributed by atoms with Crippen LogP contribution in [0.15, 0.2) is 24.5 Å². The van der Waals surface area contributed by atoms with Gasteiger partial charge < -0.3 is 5.73 Å². The van der Waals surface area contributed by atoms with Crippen molar-refractivity contribution in [2.75, 3.05) is 0 Å². The van der Waals surface area contributed by atoms with Crippen molar-refractivity contribution < 1.29 is 4.39 Å². The molecule has 0 amide bonds. The molecule has 0 spiro atoms. The summed E-state index contributed by atoms with van der Waals surface area (Å²) in [5, 5.41) is 4.02. The van der Waals surface area contributed by atoms with E-state index in [0.29, 0.717) is 11.5 Å². The average molecular weight is 227 g/mol. The molecule has 1 heterocycles. The van der Waals surface area contributed by atoms with Gasteiger partial charge in [0.15, 0.2) is 0 Å². The largest absolute Gasteiger partial charge is 0.324 e. The molecule has 78 valence electrons. The second-order valence-corrected chi connectivity index (χ2v) is 3.30. The molecule has 0 aliphatic heterocycles. The van der Waals surface area contributed by atoms with Crippen LogP contribution in [0.1, 0.15) is 5.82 Å². The maximum absolute atomic E-state index is 12.9. The molecule has 0 aliphatic carbocycles. The zero-order chi connectivity index (χ0) is 10.8. The first-order valence-corrected chi connectivity index (χ1v) is 4.64. The van der Waals surface area contributed by atoms with E-state index in [2.05, 4.69) is 10.1 Å². The van der Waals surface area contributed by atoms with Gasteiger partial charge in [-0.3, -0.25) is 0 Å². The Balaban J connectivity index is 2.50. The molecular formula is C9H8ClFN4. The molecular weight excluding hydrogens is 219 g/mol. The van der Waals surface area contributed by atoms with Crippen LogP contribution in [0.5, 0.6) is 0 Å². The third kappa shape index (κ3) is 1.84. The molecule has 0 fully saturated rings. The zero-order valence-corrected chi connectivity index (χ0v) is 8.45. The first-order chi connectivity index (χ1) is 7.22. The number of hydrogen-bond acceptors (Lipinski definition) is 3. The SMILES string of the molecule is NCc1ncnn1-c1ccc(F)c(Cl)c1. The van der Waals surface area contributed by atoms with E-state index < -0.39 is 5.82 Å². The van der Waals surface area contributed by atoms with E-state index in [1.165, 1.54) is 23.1 Å². The molecule has 4 nitrogen and oxygen atoms in total. The summed E-state index contributed by atoms with van der Waals surface area (Å²) in [6.07, 6.45) is 1.39. The standard InChI is InChI=1S/C9H8ClFN4/c10-7-3-6(1-2-8(7)11)15-9(4-12)13-5-14-15/h1-3,5H,4,12H2. The molecule has 2 aromatic rings. The van der Waals surface area contributed by atoms with Crippen molar-refractivity contribution in [1.82, 2.24) is 14.8 Å². The van der Waals surface area contributed by atoms with Gasteiger partial charge in [0.05, 0.1) is 17.3 Å². The smallest absolute Gasteiger partial charge is 0.145 e. The summed E-state index contributed by atoms with van der Waals surface area (Å²) in [4.78, 5) is 3.95. The Morgan fingerprint density at radius 1 is 1.47 bits per heavy atom. The van der Waals surface area contributed by atoms with E-state index in [9.17, 15) is 4.39 Å². The first kappa shape index (κ1) is 10.1. The summed E-state index contributed by atoms with van der Waals surface area (Å²) in [5.41, 5.74) is 6.11. The van der Waals surface area contributed by atoms with Gasteiger partial charge in [-0.05, 0) is 18.2 Å². The van der Waals surface area contributed by atoms with Crippen LogP contribution in [0.25, 0.3) is 5.69 Å². The van der Waals surface area contributed by atoms with Crippen molar-refractivity contribution in [2.45, 2.75) is 6.54 Å². The Labute approximate surface area is 90.5 Å². The monoisotopic (exact) mass is 226 g/mol. The maximum atomic E-state index is 12.9. The van der Waals surface area contributed by atoms with Crippen LogP contribution < -0.4 is 5.73 Å². The molecule has 0 unspecified atom stereocenters. The Bertz CT molecular complexity index is 483. The summed E-state index contributed by atoms with van der Waals surface area (Å²) in [6, 6.07) is 4.32. The van der Waals surface area contributed by atoms with Crippen LogP contribution in [0, 0.1) is 5.82 Å². The quantitative estimate of drug-likeness (QED) is 0.845. The average Bonchev–Trinajstić information content (AvgIpc) is 2.70. The van der Waals surface area contributed by atoms with E-state index in [0.717, 1.165) is 0 Å².